The summed E-state index contributed by atoms with van der Waals surface area (Å²) >= 11 is 0. The van der Waals surface area contributed by atoms with Gasteiger partial charge < -0.3 is 5.32 Å². The van der Waals surface area contributed by atoms with Crippen LogP contribution in [0.3, 0.4) is 0 Å². The highest BCUT2D eigenvalue weighted by Gasteiger charge is 2.10. The lowest BCUT2D eigenvalue weighted by Gasteiger charge is -2.17. The lowest BCUT2D eigenvalue weighted by Crippen LogP contribution is -2.19. The fourth-order valence-corrected chi connectivity index (χ4v) is 1.92. The summed E-state index contributed by atoms with van der Waals surface area (Å²) in [6.07, 6.45) is 7.62. The van der Waals surface area contributed by atoms with Crippen molar-refractivity contribution in [2.45, 2.75) is 39.7 Å². The first-order chi connectivity index (χ1) is 8.20. The fourth-order valence-electron chi connectivity index (χ4n) is 1.92. The zero-order chi connectivity index (χ0) is 12.3. The number of anilines is 1. The maximum absolute atomic E-state index is 4.32. The van der Waals surface area contributed by atoms with Crippen molar-refractivity contribution < 1.29 is 0 Å². The van der Waals surface area contributed by atoms with Crippen LogP contribution in [-0.4, -0.2) is 25.6 Å². The van der Waals surface area contributed by atoms with Gasteiger partial charge in [-0.25, -0.2) is 4.98 Å². The van der Waals surface area contributed by atoms with E-state index >= 15 is 0 Å². The molecule has 2 aromatic rings. The van der Waals surface area contributed by atoms with Gasteiger partial charge in [0, 0.05) is 18.4 Å². The lowest BCUT2D eigenvalue weighted by atomic mass is 10.0. The van der Waals surface area contributed by atoms with Gasteiger partial charge >= 0.3 is 0 Å². The van der Waals surface area contributed by atoms with Crippen LogP contribution < -0.4 is 5.32 Å². The number of hydrogen-bond acceptors (Lipinski definition) is 4. The molecule has 2 unspecified atom stereocenters. The molecule has 0 amide bonds. The van der Waals surface area contributed by atoms with E-state index in [9.17, 15) is 0 Å². The molecule has 0 bridgehead atoms. The zero-order valence-corrected chi connectivity index (χ0v) is 10.6. The zero-order valence-electron chi connectivity index (χ0n) is 10.6. The summed E-state index contributed by atoms with van der Waals surface area (Å²) in [5, 5.41) is 11.3. The molecule has 0 saturated heterocycles. The molecule has 17 heavy (non-hydrogen) atoms. The van der Waals surface area contributed by atoms with Gasteiger partial charge in [-0.3, -0.25) is 4.40 Å². The number of rotatable bonds is 5. The largest absolute Gasteiger partial charge is 0.364 e. The van der Waals surface area contributed by atoms with Crippen LogP contribution in [0.2, 0.25) is 0 Å². The van der Waals surface area contributed by atoms with Crippen LogP contribution in [0.1, 0.15) is 33.6 Å². The number of nitrogens with one attached hydrogen (secondary N) is 1. The van der Waals surface area contributed by atoms with Crippen LogP contribution in [0.25, 0.3) is 5.65 Å². The molecule has 5 heteroatoms. The van der Waals surface area contributed by atoms with Gasteiger partial charge in [0.1, 0.15) is 6.33 Å². The molecular weight excluding hydrogens is 214 g/mol. The summed E-state index contributed by atoms with van der Waals surface area (Å²) in [5.74, 6) is 1.52. The third kappa shape index (κ3) is 2.72. The molecule has 2 heterocycles. The van der Waals surface area contributed by atoms with Crippen molar-refractivity contribution in [3.63, 3.8) is 0 Å². The second kappa shape index (κ2) is 5.12. The first kappa shape index (κ1) is 11.8. The van der Waals surface area contributed by atoms with E-state index in [4.69, 9.17) is 0 Å². The summed E-state index contributed by atoms with van der Waals surface area (Å²) in [6, 6.07) is 0.389. The highest BCUT2D eigenvalue weighted by molar-refractivity contribution is 5.61. The van der Waals surface area contributed by atoms with Crippen LogP contribution in [0, 0.1) is 5.92 Å². The van der Waals surface area contributed by atoms with Gasteiger partial charge in [0.2, 0.25) is 5.65 Å². The molecule has 0 spiro atoms. The third-order valence-corrected chi connectivity index (χ3v) is 3.05. The molecular formula is C12H19N5. The number of aromatic nitrogens is 4. The molecule has 0 fully saturated rings. The molecule has 0 aliphatic heterocycles. The number of nitrogens with zero attached hydrogens (tertiary/aromatic N) is 4. The van der Waals surface area contributed by atoms with Crippen LogP contribution >= 0.6 is 0 Å². The molecule has 2 aromatic heterocycles. The van der Waals surface area contributed by atoms with Gasteiger partial charge in [0.05, 0.1) is 0 Å². The first-order valence-corrected chi connectivity index (χ1v) is 6.11. The topological polar surface area (TPSA) is 55.1 Å². The average Bonchev–Trinajstić information content (AvgIpc) is 2.78. The molecule has 0 saturated carbocycles. The minimum Gasteiger partial charge on any atom is -0.364 e. The van der Waals surface area contributed by atoms with Crippen molar-refractivity contribution in [2.24, 2.45) is 5.92 Å². The van der Waals surface area contributed by atoms with Crippen LogP contribution in [0.5, 0.6) is 0 Å². The Morgan fingerprint density at radius 1 is 1.41 bits per heavy atom. The Morgan fingerprint density at radius 2 is 2.24 bits per heavy atom. The molecule has 0 radical (unpaired) electrons. The van der Waals surface area contributed by atoms with Gasteiger partial charge in [-0.05, 0) is 19.3 Å². The summed E-state index contributed by atoms with van der Waals surface area (Å²) in [7, 11) is 0. The molecule has 1 N–H and O–H groups in total. The number of hydrogen-bond donors (Lipinski definition) is 1. The fraction of sp³-hybridized carbons (Fsp3) is 0.583. The summed E-state index contributed by atoms with van der Waals surface area (Å²) in [4.78, 5) is 4.32. The Hall–Kier alpha value is -1.65. The lowest BCUT2D eigenvalue weighted by molar-refractivity contribution is 0.483. The normalized spacial score (nSPS) is 14.8. The Bertz CT molecular complexity index is 478. The minimum absolute atomic E-state index is 0.389. The van der Waals surface area contributed by atoms with Crippen LogP contribution in [0.4, 0.5) is 5.82 Å². The Morgan fingerprint density at radius 3 is 3.00 bits per heavy atom. The Balaban J connectivity index is 2.10. The van der Waals surface area contributed by atoms with E-state index < -0.39 is 0 Å². The van der Waals surface area contributed by atoms with Crippen LogP contribution in [0.15, 0.2) is 18.7 Å². The maximum atomic E-state index is 4.32. The first-order valence-electron chi connectivity index (χ1n) is 6.11. The van der Waals surface area contributed by atoms with E-state index in [1.54, 1.807) is 12.5 Å². The minimum atomic E-state index is 0.389. The van der Waals surface area contributed by atoms with E-state index in [0.29, 0.717) is 6.04 Å². The SMILES string of the molecule is CCC(C)CC(C)Nc1nccn2cnnc12. The van der Waals surface area contributed by atoms with E-state index in [2.05, 4.69) is 41.3 Å². The monoisotopic (exact) mass is 233 g/mol. The smallest absolute Gasteiger partial charge is 0.203 e. The third-order valence-electron chi connectivity index (χ3n) is 3.05. The molecule has 0 aromatic carbocycles. The van der Waals surface area contributed by atoms with Gasteiger partial charge in [0.25, 0.3) is 0 Å². The van der Waals surface area contributed by atoms with Crippen molar-refractivity contribution in [2.75, 3.05) is 5.32 Å². The molecule has 92 valence electrons. The van der Waals surface area contributed by atoms with E-state index in [1.165, 1.54) is 6.42 Å². The summed E-state index contributed by atoms with van der Waals surface area (Å²) < 4.78 is 1.87. The maximum Gasteiger partial charge on any atom is 0.203 e. The van der Waals surface area contributed by atoms with Gasteiger partial charge in [0.15, 0.2) is 5.82 Å². The number of fused-ring (bicyclic) bond motifs is 1. The second-order valence-corrected chi connectivity index (χ2v) is 4.63. The predicted octanol–water partition coefficient (Wildman–Crippen LogP) is 2.36. The van der Waals surface area contributed by atoms with Crippen molar-refractivity contribution in [1.29, 1.82) is 0 Å². The van der Waals surface area contributed by atoms with Crippen molar-refractivity contribution in [3.8, 4) is 0 Å². The van der Waals surface area contributed by atoms with Crippen molar-refractivity contribution in [1.82, 2.24) is 19.6 Å². The molecule has 2 atom stereocenters. The molecule has 0 aliphatic rings. The average molecular weight is 233 g/mol. The Kier molecular flexibility index (Phi) is 3.56. The van der Waals surface area contributed by atoms with Crippen LogP contribution in [-0.2, 0) is 0 Å². The van der Waals surface area contributed by atoms with Crippen molar-refractivity contribution >= 4 is 11.5 Å². The highest BCUT2D eigenvalue weighted by atomic mass is 15.2. The molecule has 2 rings (SSSR count). The van der Waals surface area contributed by atoms with Gasteiger partial charge in [-0.1, -0.05) is 20.3 Å². The van der Waals surface area contributed by atoms with E-state index in [-0.39, 0.29) is 0 Å². The Labute approximate surface area is 101 Å². The van der Waals surface area contributed by atoms with Gasteiger partial charge in [-0.2, -0.15) is 0 Å². The second-order valence-electron chi connectivity index (χ2n) is 4.63. The summed E-state index contributed by atoms with van der Waals surface area (Å²) in [6.45, 7) is 6.66. The molecule has 0 aliphatic carbocycles. The predicted molar refractivity (Wildman–Crippen MR) is 67.9 cm³/mol. The highest BCUT2D eigenvalue weighted by Crippen LogP contribution is 2.15. The quantitative estimate of drug-likeness (QED) is 0.861. The van der Waals surface area contributed by atoms with E-state index in [1.807, 2.05) is 10.6 Å². The van der Waals surface area contributed by atoms with Gasteiger partial charge in [-0.15, -0.1) is 10.2 Å². The standard InChI is InChI=1S/C12H19N5/c1-4-9(2)7-10(3)15-11-12-16-14-8-17(12)6-5-13-11/h5-6,8-10H,4,7H2,1-3H3,(H,13,15). The van der Waals surface area contributed by atoms with E-state index in [0.717, 1.165) is 23.8 Å². The van der Waals surface area contributed by atoms with Crippen molar-refractivity contribution in [3.05, 3.63) is 18.7 Å². The summed E-state index contributed by atoms with van der Waals surface area (Å²) in [5.41, 5.74) is 0.781. The molecule has 5 nitrogen and oxygen atoms in total.